The van der Waals surface area contributed by atoms with Gasteiger partial charge in [-0.05, 0) is 42.3 Å². The van der Waals surface area contributed by atoms with Crippen molar-refractivity contribution < 1.29 is 14.3 Å². The highest BCUT2D eigenvalue weighted by Gasteiger charge is 2.23. The zero-order chi connectivity index (χ0) is 21.3. The maximum absolute atomic E-state index is 12.6. The maximum atomic E-state index is 12.6. The summed E-state index contributed by atoms with van der Waals surface area (Å²) in [6.07, 6.45) is 0.363. The monoisotopic (exact) mass is 411 g/mol. The van der Waals surface area contributed by atoms with Crippen molar-refractivity contribution in [2.75, 3.05) is 58.5 Å². The second kappa shape index (κ2) is 11.0. The highest BCUT2D eigenvalue weighted by Crippen LogP contribution is 2.24. The Kier molecular flexibility index (Phi) is 8.11. The van der Waals surface area contributed by atoms with Crippen LogP contribution < -0.4 is 15.0 Å². The summed E-state index contributed by atoms with van der Waals surface area (Å²) >= 11 is 0. The molecule has 3 rings (SSSR count). The van der Waals surface area contributed by atoms with Crippen LogP contribution in [0, 0.1) is 0 Å². The number of benzene rings is 2. The summed E-state index contributed by atoms with van der Waals surface area (Å²) < 4.78 is 11.0. The Hall–Kier alpha value is -2.57. The van der Waals surface area contributed by atoms with Crippen molar-refractivity contribution in [2.45, 2.75) is 19.4 Å². The van der Waals surface area contributed by atoms with E-state index in [-0.39, 0.29) is 11.9 Å². The fraction of sp³-hybridized carbons (Fsp3) is 0.458. The third kappa shape index (κ3) is 6.21. The molecule has 162 valence electrons. The molecule has 1 atom stereocenters. The van der Waals surface area contributed by atoms with Gasteiger partial charge in [0.1, 0.15) is 5.75 Å². The van der Waals surface area contributed by atoms with Crippen LogP contribution in [0.25, 0.3) is 0 Å². The largest absolute Gasteiger partial charge is 0.494 e. The molecular formula is C24H33N3O3. The van der Waals surface area contributed by atoms with Crippen LogP contribution in [0.15, 0.2) is 48.5 Å². The Morgan fingerprint density at radius 1 is 1.10 bits per heavy atom. The molecule has 1 aliphatic rings. The fourth-order valence-corrected chi connectivity index (χ4v) is 3.67. The zero-order valence-electron chi connectivity index (χ0n) is 18.3. The van der Waals surface area contributed by atoms with Gasteiger partial charge in [0.05, 0.1) is 32.3 Å². The van der Waals surface area contributed by atoms with Crippen LogP contribution >= 0.6 is 0 Å². The normalized spacial score (nSPS) is 15.4. The van der Waals surface area contributed by atoms with Crippen LogP contribution in [-0.2, 0) is 16.0 Å². The Labute approximate surface area is 179 Å². The molecule has 1 N–H and O–H groups in total. The predicted octanol–water partition coefficient (Wildman–Crippen LogP) is 2.88. The lowest BCUT2D eigenvalue weighted by Crippen LogP contribution is -2.44. The van der Waals surface area contributed by atoms with E-state index in [2.05, 4.69) is 39.4 Å². The number of nitrogens with zero attached hydrogens (tertiary/aromatic N) is 2. The number of hydrogen-bond donors (Lipinski definition) is 1. The Balaban J connectivity index is 1.63. The summed E-state index contributed by atoms with van der Waals surface area (Å²) in [5, 5.41) is 3.14. The van der Waals surface area contributed by atoms with E-state index in [1.165, 1.54) is 11.3 Å². The molecular weight excluding hydrogens is 378 g/mol. The SMILES string of the molecule is CCOc1ccc(CC(=O)NC[C@H](c2ccc(N(C)C)cc2)N2CCOCC2)cc1. The van der Waals surface area contributed by atoms with Crippen molar-refractivity contribution in [3.8, 4) is 5.75 Å². The van der Waals surface area contributed by atoms with Crippen molar-refractivity contribution in [1.29, 1.82) is 0 Å². The first-order chi connectivity index (χ1) is 14.6. The summed E-state index contributed by atoms with van der Waals surface area (Å²) in [6.45, 7) is 6.37. The van der Waals surface area contributed by atoms with Gasteiger partial charge in [0.25, 0.3) is 0 Å². The maximum Gasteiger partial charge on any atom is 0.224 e. The number of nitrogens with one attached hydrogen (secondary N) is 1. The van der Waals surface area contributed by atoms with Gasteiger partial charge in [0, 0.05) is 39.4 Å². The number of amides is 1. The van der Waals surface area contributed by atoms with Crippen LogP contribution in [0.4, 0.5) is 5.69 Å². The average molecular weight is 412 g/mol. The van der Waals surface area contributed by atoms with E-state index in [0.717, 1.165) is 37.6 Å². The molecule has 2 aromatic rings. The van der Waals surface area contributed by atoms with Crippen LogP contribution in [0.5, 0.6) is 5.75 Å². The third-order valence-corrected chi connectivity index (χ3v) is 5.37. The number of carbonyl (C=O) groups is 1. The first-order valence-electron chi connectivity index (χ1n) is 10.6. The lowest BCUT2D eigenvalue weighted by Gasteiger charge is -2.35. The lowest BCUT2D eigenvalue weighted by atomic mass is 10.0. The molecule has 0 bridgehead atoms. The van der Waals surface area contributed by atoms with Crippen molar-refractivity contribution >= 4 is 11.6 Å². The molecule has 0 unspecified atom stereocenters. The number of anilines is 1. The standard InChI is InChI=1S/C24H33N3O3/c1-4-30-22-11-5-19(6-12-22)17-24(28)25-18-23(27-13-15-29-16-14-27)20-7-9-21(10-8-20)26(2)3/h5-12,23H,4,13-18H2,1-3H3,(H,25,28)/t23-/m1/s1. The van der Waals surface area contributed by atoms with Crippen molar-refractivity contribution in [3.05, 3.63) is 59.7 Å². The van der Waals surface area contributed by atoms with Gasteiger partial charge in [-0.15, -0.1) is 0 Å². The van der Waals surface area contributed by atoms with Gasteiger partial charge in [0.2, 0.25) is 5.91 Å². The molecule has 0 radical (unpaired) electrons. The second-order valence-electron chi connectivity index (χ2n) is 7.71. The first kappa shape index (κ1) is 22.1. The van der Waals surface area contributed by atoms with Crippen LogP contribution in [0.2, 0.25) is 0 Å². The molecule has 0 aromatic heterocycles. The van der Waals surface area contributed by atoms with Gasteiger partial charge in [0.15, 0.2) is 0 Å². The summed E-state index contributed by atoms with van der Waals surface area (Å²) in [4.78, 5) is 17.1. The second-order valence-corrected chi connectivity index (χ2v) is 7.71. The molecule has 1 fully saturated rings. The first-order valence-corrected chi connectivity index (χ1v) is 10.6. The van der Waals surface area contributed by atoms with Crippen molar-refractivity contribution in [1.82, 2.24) is 10.2 Å². The van der Waals surface area contributed by atoms with E-state index in [4.69, 9.17) is 9.47 Å². The van der Waals surface area contributed by atoms with Crippen molar-refractivity contribution in [3.63, 3.8) is 0 Å². The number of carbonyl (C=O) groups excluding carboxylic acids is 1. The highest BCUT2D eigenvalue weighted by molar-refractivity contribution is 5.78. The van der Waals surface area contributed by atoms with Gasteiger partial charge in [-0.3, -0.25) is 9.69 Å². The van der Waals surface area contributed by atoms with Crippen LogP contribution in [0.1, 0.15) is 24.1 Å². The molecule has 1 saturated heterocycles. The van der Waals surface area contributed by atoms with Gasteiger partial charge in [-0.25, -0.2) is 0 Å². The molecule has 0 spiro atoms. The minimum absolute atomic E-state index is 0.0299. The van der Waals surface area contributed by atoms with E-state index in [9.17, 15) is 4.79 Å². The lowest BCUT2D eigenvalue weighted by molar-refractivity contribution is -0.120. The zero-order valence-corrected chi connectivity index (χ0v) is 18.3. The number of ether oxygens (including phenoxy) is 2. The van der Waals surface area contributed by atoms with E-state index < -0.39 is 0 Å². The van der Waals surface area contributed by atoms with Gasteiger partial charge in [-0.1, -0.05) is 24.3 Å². The van der Waals surface area contributed by atoms with Gasteiger partial charge >= 0.3 is 0 Å². The molecule has 6 heteroatoms. The topological polar surface area (TPSA) is 54.0 Å². The smallest absolute Gasteiger partial charge is 0.224 e. The molecule has 1 amide bonds. The van der Waals surface area contributed by atoms with E-state index in [1.54, 1.807) is 0 Å². The minimum Gasteiger partial charge on any atom is -0.494 e. The van der Waals surface area contributed by atoms with Crippen LogP contribution in [-0.4, -0.2) is 64.4 Å². The van der Waals surface area contributed by atoms with E-state index in [0.29, 0.717) is 19.6 Å². The number of morpholine rings is 1. The minimum atomic E-state index is 0.0299. The third-order valence-electron chi connectivity index (χ3n) is 5.37. The molecule has 1 aliphatic heterocycles. The number of hydrogen-bond acceptors (Lipinski definition) is 5. The highest BCUT2D eigenvalue weighted by atomic mass is 16.5. The summed E-state index contributed by atoms with van der Waals surface area (Å²) in [6, 6.07) is 16.4. The predicted molar refractivity (Wildman–Crippen MR) is 120 cm³/mol. The number of rotatable bonds is 9. The van der Waals surface area contributed by atoms with E-state index in [1.807, 2.05) is 45.3 Å². The quantitative estimate of drug-likeness (QED) is 0.688. The average Bonchev–Trinajstić information content (AvgIpc) is 2.76. The summed E-state index contributed by atoms with van der Waals surface area (Å²) in [7, 11) is 4.07. The Morgan fingerprint density at radius 2 is 1.77 bits per heavy atom. The van der Waals surface area contributed by atoms with Gasteiger partial charge < -0.3 is 19.7 Å². The van der Waals surface area contributed by atoms with E-state index >= 15 is 0 Å². The molecule has 30 heavy (non-hydrogen) atoms. The molecule has 1 heterocycles. The molecule has 0 aliphatic carbocycles. The molecule has 0 saturated carbocycles. The van der Waals surface area contributed by atoms with Crippen LogP contribution in [0.3, 0.4) is 0 Å². The molecule has 6 nitrogen and oxygen atoms in total. The van der Waals surface area contributed by atoms with Gasteiger partial charge in [-0.2, -0.15) is 0 Å². The Morgan fingerprint density at radius 3 is 2.37 bits per heavy atom. The fourth-order valence-electron chi connectivity index (χ4n) is 3.67. The summed E-state index contributed by atoms with van der Waals surface area (Å²) in [5.74, 6) is 0.859. The summed E-state index contributed by atoms with van der Waals surface area (Å²) in [5.41, 5.74) is 3.36. The Bertz CT molecular complexity index is 784. The van der Waals surface area contributed by atoms with Crippen molar-refractivity contribution in [2.24, 2.45) is 0 Å². The molecule has 2 aromatic carbocycles.